The first kappa shape index (κ1) is 14.6. The van der Waals surface area contributed by atoms with Crippen molar-refractivity contribution >= 4 is 22.8 Å². The number of fused-ring (bicyclic) bond motifs is 2. The molecule has 0 bridgehead atoms. The lowest BCUT2D eigenvalue weighted by Crippen LogP contribution is -2.18. The van der Waals surface area contributed by atoms with Crippen molar-refractivity contribution in [2.75, 3.05) is 11.5 Å². The zero-order chi connectivity index (χ0) is 16.5. The van der Waals surface area contributed by atoms with Crippen LogP contribution in [-0.4, -0.2) is 22.5 Å². The van der Waals surface area contributed by atoms with Gasteiger partial charge in [-0.05, 0) is 30.2 Å². The zero-order valence-electron chi connectivity index (χ0n) is 13.4. The predicted octanol–water partition coefficient (Wildman–Crippen LogP) is 3.33. The van der Waals surface area contributed by atoms with Crippen molar-refractivity contribution in [2.24, 2.45) is 0 Å². The van der Waals surface area contributed by atoms with E-state index in [0.717, 1.165) is 22.0 Å². The number of anilines is 1. The molecule has 0 aliphatic carbocycles. The van der Waals surface area contributed by atoms with Crippen LogP contribution in [0.25, 0.3) is 10.9 Å². The number of nitrogens with zero attached hydrogens (tertiary/aromatic N) is 3. The molecule has 0 fully saturated rings. The van der Waals surface area contributed by atoms with Crippen molar-refractivity contribution in [1.82, 2.24) is 9.97 Å². The molecule has 5 nitrogen and oxygen atoms in total. The van der Waals surface area contributed by atoms with E-state index in [2.05, 4.69) is 14.9 Å². The smallest absolute Gasteiger partial charge is 0.338 e. The average Bonchev–Trinajstić information content (AvgIpc) is 3.05. The summed E-state index contributed by atoms with van der Waals surface area (Å²) in [5.41, 5.74) is 3.69. The van der Waals surface area contributed by atoms with Crippen LogP contribution in [0, 0.1) is 0 Å². The van der Waals surface area contributed by atoms with Crippen LogP contribution < -0.4 is 4.90 Å². The van der Waals surface area contributed by atoms with Gasteiger partial charge in [0.1, 0.15) is 0 Å². The second-order valence-electron chi connectivity index (χ2n) is 5.75. The van der Waals surface area contributed by atoms with Gasteiger partial charge in [-0.25, -0.2) is 14.8 Å². The highest BCUT2D eigenvalue weighted by molar-refractivity contribution is 5.92. The minimum absolute atomic E-state index is 0.268. The Balaban J connectivity index is 1.67. The fourth-order valence-electron chi connectivity index (χ4n) is 3.08. The highest BCUT2D eigenvalue weighted by atomic mass is 16.5. The van der Waals surface area contributed by atoms with Crippen LogP contribution in [0.15, 0.2) is 48.7 Å². The molecular weight excluding hydrogens is 302 g/mol. The average molecular weight is 319 g/mol. The summed E-state index contributed by atoms with van der Waals surface area (Å²) in [6.07, 6.45) is 1.84. The van der Waals surface area contributed by atoms with Gasteiger partial charge in [-0.15, -0.1) is 0 Å². The number of hydrogen-bond acceptors (Lipinski definition) is 5. The Bertz CT molecular complexity index is 923. The second-order valence-corrected chi connectivity index (χ2v) is 5.75. The molecule has 1 aromatic heterocycles. The van der Waals surface area contributed by atoms with E-state index in [4.69, 9.17) is 4.74 Å². The third-order valence-corrected chi connectivity index (χ3v) is 4.24. The summed E-state index contributed by atoms with van der Waals surface area (Å²) in [7, 11) is 0. The summed E-state index contributed by atoms with van der Waals surface area (Å²) in [4.78, 5) is 23.4. The first-order valence-electron chi connectivity index (χ1n) is 8.01. The lowest BCUT2D eigenvalue weighted by atomic mass is 10.0. The van der Waals surface area contributed by atoms with E-state index < -0.39 is 0 Å². The Hall–Kier alpha value is -2.95. The molecule has 0 spiro atoms. The molecule has 0 saturated carbocycles. The van der Waals surface area contributed by atoms with Gasteiger partial charge in [-0.1, -0.05) is 30.3 Å². The Kier molecular flexibility index (Phi) is 3.61. The summed E-state index contributed by atoms with van der Waals surface area (Å²) in [6, 6.07) is 13.7. The molecule has 2 aromatic carbocycles. The number of carbonyl (C=O) groups is 1. The molecule has 0 amide bonds. The van der Waals surface area contributed by atoms with Gasteiger partial charge in [-0.2, -0.15) is 0 Å². The normalized spacial score (nSPS) is 13.1. The minimum Gasteiger partial charge on any atom is -0.462 e. The van der Waals surface area contributed by atoms with Crippen molar-refractivity contribution in [1.29, 1.82) is 0 Å². The molecule has 0 saturated heterocycles. The van der Waals surface area contributed by atoms with Gasteiger partial charge in [0.2, 0.25) is 5.95 Å². The zero-order valence-corrected chi connectivity index (χ0v) is 13.4. The molecule has 0 atom stereocenters. The van der Waals surface area contributed by atoms with Crippen molar-refractivity contribution in [3.05, 3.63) is 65.4 Å². The van der Waals surface area contributed by atoms with Gasteiger partial charge in [-0.3, -0.25) is 0 Å². The largest absolute Gasteiger partial charge is 0.462 e. The van der Waals surface area contributed by atoms with E-state index >= 15 is 0 Å². The lowest BCUT2D eigenvalue weighted by Gasteiger charge is -2.15. The number of para-hydroxylation sites is 1. The molecule has 0 unspecified atom stereocenters. The quantitative estimate of drug-likeness (QED) is 0.693. The van der Waals surface area contributed by atoms with Crippen LogP contribution >= 0.6 is 0 Å². The molecule has 120 valence electrons. The Labute approximate surface area is 139 Å². The fourth-order valence-corrected chi connectivity index (χ4v) is 3.08. The molecule has 24 heavy (non-hydrogen) atoms. The molecular formula is C19H17N3O2. The SMILES string of the molecule is CCOC(=O)c1cccc2c1CN(c1ncc3ccccc3n1)C2. The van der Waals surface area contributed by atoms with Crippen molar-refractivity contribution in [2.45, 2.75) is 20.0 Å². The van der Waals surface area contributed by atoms with Crippen molar-refractivity contribution in [3.63, 3.8) is 0 Å². The van der Waals surface area contributed by atoms with Gasteiger partial charge >= 0.3 is 5.97 Å². The Morgan fingerprint density at radius 3 is 2.92 bits per heavy atom. The van der Waals surface area contributed by atoms with Gasteiger partial charge < -0.3 is 9.64 Å². The van der Waals surface area contributed by atoms with E-state index in [1.807, 2.05) is 55.6 Å². The van der Waals surface area contributed by atoms with Crippen LogP contribution in [0.2, 0.25) is 0 Å². The van der Waals surface area contributed by atoms with Crippen LogP contribution in [0.3, 0.4) is 0 Å². The Morgan fingerprint density at radius 2 is 2.04 bits per heavy atom. The highest BCUT2D eigenvalue weighted by Gasteiger charge is 2.26. The fraction of sp³-hybridized carbons (Fsp3) is 0.211. The molecule has 0 radical (unpaired) electrons. The first-order chi connectivity index (χ1) is 11.8. The van der Waals surface area contributed by atoms with E-state index in [1.54, 1.807) is 0 Å². The third kappa shape index (κ3) is 2.48. The molecule has 4 rings (SSSR count). The Morgan fingerprint density at radius 1 is 1.17 bits per heavy atom. The summed E-state index contributed by atoms with van der Waals surface area (Å²) in [5, 5.41) is 1.02. The molecule has 3 aromatic rings. The van der Waals surface area contributed by atoms with Crippen LogP contribution in [0.4, 0.5) is 5.95 Å². The van der Waals surface area contributed by atoms with Gasteiger partial charge in [0.15, 0.2) is 0 Å². The summed E-state index contributed by atoms with van der Waals surface area (Å²) >= 11 is 0. The third-order valence-electron chi connectivity index (χ3n) is 4.24. The van der Waals surface area contributed by atoms with Crippen molar-refractivity contribution in [3.8, 4) is 0 Å². The number of ether oxygens (including phenoxy) is 1. The first-order valence-corrected chi connectivity index (χ1v) is 8.01. The molecule has 5 heteroatoms. The van der Waals surface area contributed by atoms with E-state index in [-0.39, 0.29) is 5.97 Å². The number of esters is 1. The molecule has 2 heterocycles. The van der Waals surface area contributed by atoms with Gasteiger partial charge in [0, 0.05) is 24.7 Å². The van der Waals surface area contributed by atoms with E-state index in [9.17, 15) is 4.79 Å². The number of benzene rings is 2. The lowest BCUT2D eigenvalue weighted by molar-refractivity contribution is 0.0525. The van der Waals surface area contributed by atoms with Gasteiger partial charge in [0.05, 0.1) is 17.7 Å². The van der Waals surface area contributed by atoms with Crippen molar-refractivity contribution < 1.29 is 9.53 Å². The summed E-state index contributed by atoms with van der Waals surface area (Å²) in [6.45, 7) is 3.50. The summed E-state index contributed by atoms with van der Waals surface area (Å²) < 4.78 is 5.16. The topological polar surface area (TPSA) is 55.3 Å². The van der Waals surface area contributed by atoms with E-state index in [0.29, 0.717) is 31.2 Å². The maximum atomic E-state index is 12.2. The molecule has 1 aliphatic rings. The highest BCUT2D eigenvalue weighted by Crippen LogP contribution is 2.29. The standard InChI is InChI=1S/C19H17N3O2/c1-2-24-18(23)15-8-5-7-14-11-22(12-16(14)15)19-20-10-13-6-3-4-9-17(13)21-19/h3-10H,2,11-12H2,1H3. The second kappa shape index (κ2) is 5.92. The maximum Gasteiger partial charge on any atom is 0.338 e. The predicted molar refractivity (Wildman–Crippen MR) is 91.8 cm³/mol. The number of aromatic nitrogens is 2. The monoisotopic (exact) mass is 319 g/mol. The molecule has 1 aliphatic heterocycles. The maximum absolute atomic E-state index is 12.2. The van der Waals surface area contributed by atoms with Crippen LogP contribution in [0.5, 0.6) is 0 Å². The van der Waals surface area contributed by atoms with E-state index in [1.165, 1.54) is 0 Å². The minimum atomic E-state index is -0.268. The number of rotatable bonds is 3. The number of hydrogen-bond donors (Lipinski definition) is 0. The van der Waals surface area contributed by atoms with Crippen LogP contribution in [0.1, 0.15) is 28.4 Å². The number of carbonyl (C=O) groups excluding carboxylic acids is 1. The molecule has 0 N–H and O–H groups in total. The van der Waals surface area contributed by atoms with Crippen LogP contribution in [-0.2, 0) is 17.8 Å². The van der Waals surface area contributed by atoms with Gasteiger partial charge in [0.25, 0.3) is 0 Å². The summed E-state index contributed by atoms with van der Waals surface area (Å²) in [5.74, 6) is 0.412.